The first kappa shape index (κ1) is 16.2. The van der Waals surface area contributed by atoms with Gasteiger partial charge < -0.3 is 0 Å². The van der Waals surface area contributed by atoms with Crippen LogP contribution in [0.5, 0.6) is 0 Å². The highest BCUT2D eigenvalue weighted by atomic mass is 35.5. The molecule has 0 aliphatic heterocycles. The van der Waals surface area contributed by atoms with Gasteiger partial charge in [0, 0.05) is 22.0 Å². The Morgan fingerprint density at radius 2 is 1.82 bits per heavy atom. The Hall–Kier alpha value is -2.21. The van der Waals surface area contributed by atoms with E-state index < -0.39 is 34.3 Å². The molecule has 2 nitrogen and oxygen atoms in total. The highest BCUT2D eigenvalue weighted by molar-refractivity contribution is 6.35. The van der Waals surface area contributed by atoms with Crippen LogP contribution in [0.1, 0.15) is 16.7 Å². The van der Waals surface area contributed by atoms with Crippen molar-refractivity contribution in [1.29, 1.82) is 5.26 Å². The number of nitriles is 1. The van der Waals surface area contributed by atoms with Crippen molar-refractivity contribution in [1.82, 2.24) is 0 Å². The van der Waals surface area contributed by atoms with Crippen LogP contribution >= 0.6 is 23.2 Å². The summed E-state index contributed by atoms with van der Waals surface area (Å²) in [6, 6.07) is 5.80. The monoisotopic (exact) mass is 340 g/mol. The van der Waals surface area contributed by atoms with Gasteiger partial charge in [-0.15, -0.1) is 0 Å². The quantitative estimate of drug-likeness (QED) is 0.529. The van der Waals surface area contributed by atoms with Crippen LogP contribution in [-0.4, -0.2) is 0 Å². The lowest BCUT2D eigenvalue weighted by Crippen LogP contribution is -2.04. The van der Waals surface area contributed by atoms with Gasteiger partial charge >= 0.3 is 0 Å². The highest BCUT2D eigenvalue weighted by Crippen LogP contribution is 2.33. The summed E-state index contributed by atoms with van der Waals surface area (Å²) in [5.74, 6) is -4.43. The van der Waals surface area contributed by atoms with Crippen LogP contribution < -0.4 is 0 Å². The van der Waals surface area contributed by atoms with Gasteiger partial charge in [-0.3, -0.25) is 0 Å². The molecule has 0 amide bonds. The van der Waals surface area contributed by atoms with Crippen LogP contribution in [0.2, 0.25) is 10.0 Å². The lowest BCUT2D eigenvalue weighted by molar-refractivity contribution is 0.492. The minimum atomic E-state index is -1.62. The summed E-state index contributed by atoms with van der Waals surface area (Å²) in [6.07, 6.45) is -0.309. The maximum Gasteiger partial charge on any atom is 0.261 e. The average Bonchev–Trinajstić information content (AvgIpc) is 2.48. The summed E-state index contributed by atoms with van der Waals surface area (Å²) in [7, 11) is 0. The van der Waals surface area contributed by atoms with Gasteiger partial charge in [-0.25, -0.2) is 18.0 Å². The van der Waals surface area contributed by atoms with Gasteiger partial charge in [0.2, 0.25) is 0 Å². The summed E-state index contributed by atoms with van der Waals surface area (Å²) >= 11 is 11.7. The van der Waals surface area contributed by atoms with Crippen molar-refractivity contribution in [2.45, 2.75) is 6.42 Å². The molecule has 0 aliphatic carbocycles. The molecule has 0 unspecified atom stereocenters. The number of rotatable bonds is 2. The first-order chi connectivity index (χ1) is 10.4. The summed E-state index contributed by atoms with van der Waals surface area (Å²) in [4.78, 5) is 2.58. The third kappa shape index (κ3) is 2.74. The van der Waals surface area contributed by atoms with E-state index >= 15 is 0 Å². The number of hydrogen-bond acceptors (Lipinski definition) is 1. The van der Waals surface area contributed by atoms with Crippen LogP contribution in [0.3, 0.4) is 0 Å². The fraction of sp³-hybridized carbons (Fsp3) is 0.0667. The molecule has 0 saturated heterocycles. The standard InChI is InChI=1S/C15H5Cl2F3N2/c1-22-15-13(19)10(6-21)9(12(18)14(15)20)4-7-2-3-8(16)5-11(7)17/h2-3,5H,4H2. The minimum absolute atomic E-state index is 0.172. The molecule has 0 atom stereocenters. The molecule has 0 radical (unpaired) electrons. The molecule has 7 heteroatoms. The van der Waals surface area contributed by atoms with Gasteiger partial charge in [0.25, 0.3) is 5.69 Å². The van der Waals surface area contributed by atoms with Crippen molar-refractivity contribution in [3.8, 4) is 6.07 Å². The molecule has 2 aromatic rings. The van der Waals surface area contributed by atoms with E-state index in [-0.39, 0.29) is 11.4 Å². The fourth-order valence-electron chi connectivity index (χ4n) is 1.93. The third-order valence-corrected chi connectivity index (χ3v) is 3.59. The Morgan fingerprint density at radius 1 is 1.14 bits per heavy atom. The Morgan fingerprint density at radius 3 is 2.36 bits per heavy atom. The van der Waals surface area contributed by atoms with Crippen molar-refractivity contribution in [3.05, 3.63) is 73.8 Å². The van der Waals surface area contributed by atoms with Crippen LogP contribution in [0, 0.1) is 35.4 Å². The van der Waals surface area contributed by atoms with Crippen LogP contribution in [0.15, 0.2) is 18.2 Å². The molecule has 0 spiro atoms. The molecule has 0 aliphatic rings. The third-order valence-electron chi connectivity index (χ3n) is 3.00. The second-order valence-electron chi connectivity index (χ2n) is 4.28. The largest absolute Gasteiger partial charge is 0.261 e. The lowest BCUT2D eigenvalue weighted by atomic mass is 9.98. The minimum Gasteiger partial charge on any atom is -0.232 e. The van der Waals surface area contributed by atoms with Crippen molar-refractivity contribution in [3.63, 3.8) is 0 Å². The van der Waals surface area contributed by atoms with Gasteiger partial charge in [0.1, 0.15) is 6.07 Å². The van der Waals surface area contributed by atoms with Gasteiger partial charge in [0.05, 0.1) is 12.1 Å². The van der Waals surface area contributed by atoms with Crippen LogP contribution in [-0.2, 0) is 6.42 Å². The second kappa shape index (κ2) is 6.27. The Bertz CT molecular complexity index is 852. The molecule has 110 valence electrons. The summed E-state index contributed by atoms with van der Waals surface area (Å²) in [5.41, 5.74) is -2.00. The van der Waals surface area contributed by atoms with E-state index in [4.69, 9.17) is 35.0 Å². The van der Waals surface area contributed by atoms with Crippen molar-refractivity contribution >= 4 is 28.9 Å². The zero-order valence-electron chi connectivity index (χ0n) is 10.7. The molecule has 2 rings (SSSR count). The van der Waals surface area contributed by atoms with Crippen molar-refractivity contribution in [2.24, 2.45) is 0 Å². The molecule has 22 heavy (non-hydrogen) atoms. The zero-order chi connectivity index (χ0) is 16.4. The zero-order valence-corrected chi connectivity index (χ0v) is 12.2. The van der Waals surface area contributed by atoms with E-state index in [1.165, 1.54) is 24.3 Å². The van der Waals surface area contributed by atoms with Crippen molar-refractivity contribution in [2.75, 3.05) is 0 Å². The lowest BCUT2D eigenvalue weighted by Gasteiger charge is -2.11. The van der Waals surface area contributed by atoms with Gasteiger partial charge in [-0.1, -0.05) is 29.3 Å². The number of benzene rings is 2. The molecule has 0 aromatic heterocycles. The second-order valence-corrected chi connectivity index (χ2v) is 5.12. The van der Waals surface area contributed by atoms with Gasteiger partial charge in [0.15, 0.2) is 17.5 Å². The van der Waals surface area contributed by atoms with Crippen LogP contribution in [0.25, 0.3) is 4.85 Å². The van der Waals surface area contributed by atoms with E-state index in [2.05, 4.69) is 4.85 Å². The van der Waals surface area contributed by atoms with E-state index in [9.17, 15) is 13.2 Å². The maximum atomic E-state index is 14.1. The first-order valence-electron chi connectivity index (χ1n) is 5.81. The Kier molecular flexibility index (Phi) is 4.61. The van der Waals surface area contributed by atoms with Crippen LogP contribution in [0.4, 0.5) is 18.9 Å². The average molecular weight is 341 g/mol. The molecule has 0 bridgehead atoms. The smallest absolute Gasteiger partial charge is 0.232 e. The number of halogens is 5. The summed E-state index contributed by atoms with van der Waals surface area (Å²) in [6.45, 7) is 6.68. The highest BCUT2D eigenvalue weighted by Gasteiger charge is 2.25. The molecular formula is C15H5Cl2F3N2. The molecule has 0 fully saturated rings. The Balaban J connectivity index is 2.66. The van der Waals surface area contributed by atoms with Gasteiger partial charge in [-0.05, 0) is 17.7 Å². The number of nitrogens with zero attached hydrogens (tertiary/aromatic N) is 2. The normalized spacial score (nSPS) is 10.1. The summed E-state index contributed by atoms with van der Waals surface area (Å²) in [5, 5.41) is 9.50. The van der Waals surface area contributed by atoms with E-state index in [1.54, 1.807) is 0 Å². The topological polar surface area (TPSA) is 28.1 Å². The first-order valence-corrected chi connectivity index (χ1v) is 6.57. The Labute approximate surface area is 134 Å². The predicted molar refractivity (Wildman–Crippen MR) is 76.6 cm³/mol. The SMILES string of the molecule is [C-]#[N+]c1c(F)c(F)c(Cc2ccc(Cl)cc2Cl)c(C#N)c1F. The van der Waals surface area contributed by atoms with Gasteiger partial charge in [-0.2, -0.15) is 5.26 Å². The van der Waals surface area contributed by atoms with E-state index in [0.717, 1.165) is 0 Å². The maximum absolute atomic E-state index is 14.1. The fourth-order valence-corrected chi connectivity index (χ4v) is 2.40. The molecule has 0 saturated carbocycles. The predicted octanol–water partition coefficient (Wildman–Crippen LogP) is 5.42. The van der Waals surface area contributed by atoms with Crippen molar-refractivity contribution < 1.29 is 13.2 Å². The summed E-state index contributed by atoms with van der Waals surface area (Å²) < 4.78 is 41.7. The molecule has 2 aromatic carbocycles. The molecule has 0 heterocycles. The molecule has 0 N–H and O–H groups in total. The van der Waals surface area contributed by atoms with E-state index in [0.29, 0.717) is 10.6 Å². The van der Waals surface area contributed by atoms with E-state index in [1.807, 2.05) is 0 Å². The molecular weight excluding hydrogens is 336 g/mol. The number of hydrogen-bond donors (Lipinski definition) is 0.